The van der Waals surface area contributed by atoms with E-state index in [1.807, 2.05) is 13.8 Å². The lowest BCUT2D eigenvalue weighted by Gasteiger charge is -2.30. The molecular weight excluding hydrogens is 262 g/mol. The fraction of sp³-hybridized carbons (Fsp3) is 0.846. The van der Waals surface area contributed by atoms with Gasteiger partial charge in [-0.1, -0.05) is 25.6 Å². The third-order valence-electron chi connectivity index (χ3n) is 3.26. The molecule has 0 aliphatic carbocycles. The highest BCUT2D eigenvalue weighted by molar-refractivity contribution is 7.80. The van der Waals surface area contributed by atoms with Crippen molar-refractivity contribution in [2.75, 3.05) is 32.8 Å². The van der Waals surface area contributed by atoms with Crippen LogP contribution >= 0.6 is 12.2 Å². The number of thiocarbonyl (C=S) groups is 1. The summed E-state index contributed by atoms with van der Waals surface area (Å²) in [6.07, 6.45) is 1.61. The third-order valence-corrected chi connectivity index (χ3v) is 3.55. The second kappa shape index (κ2) is 8.45. The smallest absolute Gasteiger partial charge is 0.230 e. The van der Waals surface area contributed by atoms with Crippen LogP contribution in [0.4, 0.5) is 0 Å². The first-order valence-electron chi connectivity index (χ1n) is 6.94. The predicted octanol–water partition coefficient (Wildman–Crippen LogP) is 0.526. The summed E-state index contributed by atoms with van der Waals surface area (Å²) in [4.78, 5) is 14.7. The van der Waals surface area contributed by atoms with Gasteiger partial charge in [0.1, 0.15) is 0 Å². The van der Waals surface area contributed by atoms with Gasteiger partial charge in [-0.2, -0.15) is 0 Å². The summed E-state index contributed by atoms with van der Waals surface area (Å²) in [6, 6.07) is 0.0966. The monoisotopic (exact) mass is 287 g/mol. The Bertz CT molecular complexity index is 306. The highest BCUT2D eigenvalue weighted by Gasteiger charge is 2.22. The van der Waals surface area contributed by atoms with E-state index in [9.17, 15) is 4.79 Å². The van der Waals surface area contributed by atoms with Gasteiger partial charge in [0.05, 0.1) is 24.1 Å². The summed E-state index contributed by atoms with van der Waals surface area (Å²) < 4.78 is 5.30. The van der Waals surface area contributed by atoms with Gasteiger partial charge < -0.3 is 15.8 Å². The van der Waals surface area contributed by atoms with Crippen LogP contribution < -0.4 is 11.1 Å². The maximum absolute atomic E-state index is 12.1. The van der Waals surface area contributed by atoms with E-state index in [1.54, 1.807) is 0 Å². The maximum atomic E-state index is 12.1. The van der Waals surface area contributed by atoms with Crippen LogP contribution in [0.1, 0.15) is 26.7 Å². The second-order valence-corrected chi connectivity index (χ2v) is 5.54. The van der Waals surface area contributed by atoms with Crippen molar-refractivity contribution in [3.8, 4) is 0 Å². The molecule has 1 rings (SSSR count). The molecule has 0 aromatic rings. The summed E-state index contributed by atoms with van der Waals surface area (Å²) in [6.45, 7) is 8.26. The Morgan fingerprint density at radius 1 is 1.47 bits per heavy atom. The van der Waals surface area contributed by atoms with Crippen LogP contribution in [0.5, 0.6) is 0 Å². The van der Waals surface area contributed by atoms with Gasteiger partial charge in [-0.15, -0.1) is 0 Å². The SMILES string of the molecule is CCCC(C(=O)NC(C)CN1CCOCC1)C(N)=S. The normalized spacial score (nSPS) is 19.7. The number of ether oxygens (including phenoxy) is 1. The van der Waals surface area contributed by atoms with Crippen molar-refractivity contribution in [2.24, 2.45) is 11.7 Å². The minimum Gasteiger partial charge on any atom is -0.393 e. The Morgan fingerprint density at radius 3 is 2.63 bits per heavy atom. The molecule has 1 fully saturated rings. The third kappa shape index (κ3) is 5.84. The van der Waals surface area contributed by atoms with Gasteiger partial charge in [0.15, 0.2) is 0 Å². The molecule has 6 heteroatoms. The van der Waals surface area contributed by atoms with Gasteiger partial charge >= 0.3 is 0 Å². The van der Waals surface area contributed by atoms with E-state index in [0.29, 0.717) is 6.42 Å². The molecule has 0 radical (unpaired) electrons. The number of carbonyl (C=O) groups excluding carboxylic acids is 1. The van der Waals surface area contributed by atoms with E-state index in [-0.39, 0.29) is 22.9 Å². The number of hydrogen-bond acceptors (Lipinski definition) is 4. The van der Waals surface area contributed by atoms with Crippen LogP contribution in [0.2, 0.25) is 0 Å². The molecule has 1 aliphatic heterocycles. The van der Waals surface area contributed by atoms with E-state index >= 15 is 0 Å². The van der Waals surface area contributed by atoms with Gasteiger partial charge in [0.25, 0.3) is 0 Å². The van der Waals surface area contributed by atoms with Crippen molar-refractivity contribution >= 4 is 23.1 Å². The van der Waals surface area contributed by atoms with E-state index in [0.717, 1.165) is 39.3 Å². The molecule has 19 heavy (non-hydrogen) atoms. The topological polar surface area (TPSA) is 67.6 Å². The molecule has 1 amide bonds. The zero-order chi connectivity index (χ0) is 14.3. The van der Waals surface area contributed by atoms with Crippen molar-refractivity contribution in [3.05, 3.63) is 0 Å². The lowest BCUT2D eigenvalue weighted by molar-refractivity contribution is -0.124. The van der Waals surface area contributed by atoms with Crippen molar-refractivity contribution in [1.29, 1.82) is 0 Å². The standard InChI is InChI=1S/C13H25N3O2S/c1-3-4-11(12(14)19)13(17)15-10(2)9-16-5-7-18-8-6-16/h10-11H,3-9H2,1-2H3,(H2,14,19)(H,15,17). The zero-order valence-corrected chi connectivity index (χ0v) is 12.7. The van der Waals surface area contributed by atoms with Crippen molar-refractivity contribution in [1.82, 2.24) is 10.2 Å². The molecule has 2 unspecified atom stereocenters. The quantitative estimate of drug-likeness (QED) is 0.669. The number of carbonyl (C=O) groups is 1. The van der Waals surface area contributed by atoms with Crippen molar-refractivity contribution in [2.45, 2.75) is 32.7 Å². The van der Waals surface area contributed by atoms with Crippen LogP contribution in [-0.2, 0) is 9.53 Å². The van der Waals surface area contributed by atoms with Gasteiger partial charge in [0, 0.05) is 25.7 Å². The minimum atomic E-state index is -0.341. The first kappa shape index (κ1) is 16.3. The Kier molecular flexibility index (Phi) is 7.27. The van der Waals surface area contributed by atoms with E-state index < -0.39 is 0 Å². The summed E-state index contributed by atoms with van der Waals surface area (Å²) in [5.74, 6) is -0.387. The Labute approximate surface area is 120 Å². The van der Waals surface area contributed by atoms with E-state index in [4.69, 9.17) is 22.7 Å². The molecule has 1 heterocycles. The molecule has 1 saturated heterocycles. The van der Waals surface area contributed by atoms with Gasteiger partial charge in [-0.25, -0.2) is 0 Å². The van der Waals surface area contributed by atoms with Crippen LogP contribution in [0.15, 0.2) is 0 Å². The Morgan fingerprint density at radius 2 is 2.11 bits per heavy atom. The summed E-state index contributed by atoms with van der Waals surface area (Å²) in [5, 5.41) is 3.00. The number of nitrogens with zero attached hydrogens (tertiary/aromatic N) is 1. The number of nitrogens with one attached hydrogen (secondary N) is 1. The van der Waals surface area contributed by atoms with Crippen LogP contribution in [0, 0.1) is 5.92 Å². The molecule has 2 atom stereocenters. The van der Waals surface area contributed by atoms with Gasteiger partial charge in [-0.3, -0.25) is 9.69 Å². The molecule has 110 valence electrons. The Balaban J connectivity index is 2.38. The van der Waals surface area contributed by atoms with E-state index in [1.165, 1.54) is 0 Å². The van der Waals surface area contributed by atoms with Crippen LogP contribution in [-0.4, -0.2) is 54.7 Å². The predicted molar refractivity (Wildman–Crippen MR) is 80.0 cm³/mol. The van der Waals surface area contributed by atoms with Gasteiger partial charge in [-0.05, 0) is 13.3 Å². The number of morpholine rings is 1. The van der Waals surface area contributed by atoms with Crippen LogP contribution in [0.25, 0.3) is 0 Å². The molecule has 0 spiro atoms. The van der Waals surface area contributed by atoms with E-state index in [2.05, 4.69) is 10.2 Å². The highest BCUT2D eigenvalue weighted by Crippen LogP contribution is 2.08. The lowest BCUT2D eigenvalue weighted by atomic mass is 10.0. The first-order chi connectivity index (χ1) is 9.04. The fourth-order valence-electron chi connectivity index (χ4n) is 2.25. The molecule has 3 N–H and O–H groups in total. The number of amides is 1. The van der Waals surface area contributed by atoms with Crippen molar-refractivity contribution < 1.29 is 9.53 Å². The second-order valence-electron chi connectivity index (χ2n) is 5.07. The molecule has 0 aromatic heterocycles. The molecule has 5 nitrogen and oxygen atoms in total. The summed E-state index contributed by atoms with van der Waals surface area (Å²) >= 11 is 4.96. The first-order valence-corrected chi connectivity index (χ1v) is 7.35. The largest absolute Gasteiger partial charge is 0.393 e. The fourth-order valence-corrected chi connectivity index (χ4v) is 2.48. The van der Waals surface area contributed by atoms with Crippen LogP contribution in [0.3, 0.4) is 0 Å². The zero-order valence-electron chi connectivity index (χ0n) is 11.9. The minimum absolute atomic E-state index is 0.0462. The number of rotatable bonds is 7. The molecule has 1 aliphatic rings. The molecule has 0 bridgehead atoms. The lowest BCUT2D eigenvalue weighted by Crippen LogP contribution is -2.48. The van der Waals surface area contributed by atoms with Gasteiger partial charge in [0.2, 0.25) is 5.91 Å². The average molecular weight is 287 g/mol. The average Bonchev–Trinajstić information content (AvgIpc) is 2.36. The highest BCUT2D eigenvalue weighted by atomic mass is 32.1. The molecule has 0 saturated carbocycles. The summed E-state index contributed by atoms with van der Waals surface area (Å²) in [7, 11) is 0. The Hall–Kier alpha value is -0.720. The molecular formula is C13H25N3O2S. The maximum Gasteiger partial charge on any atom is 0.230 e. The van der Waals surface area contributed by atoms with Crippen molar-refractivity contribution in [3.63, 3.8) is 0 Å². The number of hydrogen-bond donors (Lipinski definition) is 2. The summed E-state index contributed by atoms with van der Waals surface area (Å²) in [5.41, 5.74) is 5.63. The number of nitrogens with two attached hydrogens (primary N) is 1. The molecule has 0 aromatic carbocycles.